The van der Waals surface area contributed by atoms with Gasteiger partial charge in [-0.1, -0.05) is 18.2 Å². The first-order valence-corrected chi connectivity index (χ1v) is 12.6. The van der Waals surface area contributed by atoms with Crippen LogP contribution < -0.4 is 14.3 Å². The molecule has 1 heterocycles. The Hall–Kier alpha value is -3.48. The average Bonchev–Trinajstić information content (AvgIpc) is 2.78. The molecular weight excluding hydrogens is 466 g/mol. The molecule has 2 N–H and O–H groups in total. The van der Waals surface area contributed by atoms with Crippen molar-refractivity contribution in [3.63, 3.8) is 0 Å². The molecule has 0 radical (unpaired) electrons. The maximum absolute atomic E-state index is 12.7. The van der Waals surface area contributed by atoms with Gasteiger partial charge >= 0.3 is 10.2 Å². The summed E-state index contributed by atoms with van der Waals surface area (Å²) in [5.74, 6) is -0.589. The van der Waals surface area contributed by atoms with Gasteiger partial charge in [0.1, 0.15) is 6.54 Å². The average molecular weight is 490 g/mol. The van der Waals surface area contributed by atoms with Crippen LogP contribution in [0.1, 0.15) is 0 Å². The number of anilines is 3. The Labute approximate surface area is 193 Å². The molecule has 3 rings (SSSR count). The van der Waals surface area contributed by atoms with E-state index in [2.05, 4.69) is 15.0 Å². The highest BCUT2D eigenvalue weighted by atomic mass is 32.2. The predicted molar refractivity (Wildman–Crippen MR) is 127 cm³/mol. The Bertz CT molecular complexity index is 1300. The number of benzene rings is 2. The van der Waals surface area contributed by atoms with Crippen LogP contribution in [0.2, 0.25) is 0 Å². The monoisotopic (exact) mass is 489 g/mol. The van der Waals surface area contributed by atoms with E-state index in [9.17, 15) is 21.6 Å². The van der Waals surface area contributed by atoms with Gasteiger partial charge in [-0.3, -0.25) is 14.5 Å². The molecule has 1 aromatic heterocycles. The molecule has 0 atom stereocenters. The largest absolute Gasteiger partial charge is 0.325 e. The van der Waals surface area contributed by atoms with Crippen molar-refractivity contribution in [1.82, 2.24) is 9.29 Å². The number of para-hydroxylation sites is 1. The molecule has 0 aliphatic rings. The molecule has 0 saturated heterocycles. The summed E-state index contributed by atoms with van der Waals surface area (Å²) in [6.07, 6.45) is 2.91. The molecule has 10 nitrogen and oxygen atoms in total. The summed E-state index contributed by atoms with van der Waals surface area (Å²) >= 11 is 0. The summed E-state index contributed by atoms with van der Waals surface area (Å²) in [7, 11) is -5.01. The van der Waals surface area contributed by atoms with Crippen LogP contribution in [0.3, 0.4) is 0 Å². The highest BCUT2D eigenvalue weighted by Crippen LogP contribution is 2.20. The fourth-order valence-electron chi connectivity index (χ4n) is 2.78. The van der Waals surface area contributed by atoms with Crippen molar-refractivity contribution in [2.75, 3.05) is 35.0 Å². The van der Waals surface area contributed by atoms with Crippen LogP contribution >= 0.6 is 0 Å². The second-order valence-corrected chi connectivity index (χ2v) is 10.8. The van der Waals surface area contributed by atoms with Gasteiger partial charge in [-0.25, -0.2) is 12.7 Å². The van der Waals surface area contributed by atoms with E-state index in [1.165, 1.54) is 50.8 Å². The number of amides is 1. The van der Waals surface area contributed by atoms with E-state index in [-0.39, 0.29) is 4.90 Å². The number of sulfonamides is 1. The Morgan fingerprint density at radius 1 is 0.879 bits per heavy atom. The summed E-state index contributed by atoms with van der Waals surface area (Å²) in [4.78, 5) is 16.5. The number of nitrogens with zero attached hydrogens (tertiary/aromatic N) is 3. The second kappa shape index (κ2) is 9.98. The smallest absolute Gasteiger partial charge is 0.304 e. The van der Waals surface area contributed by atoms with Crippen LogP contribution in [-0.2, 0) is 25.0 Å². The lowest BCUT2D eigenvalue weighted by molar-refractivity contribution is -0.114. The zero-order valence-corrected chi connectivity index (χ0v) is 19.5. The van der Waals surface area contributed by atoms with E-state index in [4.69, 9.17) is 0 Å². The summed E-state index contributed by atoms with van der Waals surface area (Å²) in [5, 5.41) is 2.59. The van der Waals surface area contributed by atoms with Crippen molar-refractivity contribution in [3.05, 3.63) is 79.1 Å². The molecular formula is C21H23N5O5S2. The molecule has 3 aromatic rings. The van der Waals surface area contributed by atoms with Gasteiger partial charge in [-0.15, -0.1) is 0 Å². The van der Waals surface area contributed by atoms with Gasteiger partial charge in [0, 0.05) is 26.0 Å². The number of hydrogen-bond donors (Lipinski definition) is 2. The van der Waals surface area contributed by atoms with Gasteiger partial charge < -0.3 is 5.32 Å². The van der Waals surface area contributed by atoms with Gasteiger partial charge in [-0.05, 0) is 48.5 Å². The normalized spacial score (nSPS) is 11.7. The van der Waals surface area contributed by atoms with Crippen molar-refractivity contribution in [3.8, 4) is 0 Å². The fraction of sp³-hybridized carbons (Fsp3) is 0.143. The number of carbonyl (C=O) groups is 1. The maximum atomic E-state index is 12.7. The zero-order chi connectivity index (χ0) is 24.1. The molecule has 0 spiro atoms. The molecule has 33 heavy (non-hydrogen) atoms. The molecule has 174 valence electrons. The first-order chi connectivity index (χ1) is 15.6. The van der Waals surface area contributed by atoms with E-state index in [0.717, 1.165) is 8.61 Å². The van der Waals surface area contributed by atoms with Crippen molar-refractivity contribution in [1.29, 1.82) is 0 Å². The molecule has 12 heteroatoms. The van der Waals surface area contributed by atoms with Gasteiger partial charge in [0.2, 0.25) is 5.91 Å². The van der Waals surface area contributed by atoms with Crippen molar-refractivity contribution in [2.45, 2.75) is 4.90 Å². The third-order valence-electron chi connectivity index (χ3n) is 4.43. The highest BCUT2D eigenvalue weighted by molar-refractivity contribution is 7.92. The summed E-state index contributed by atoms with van der Waals surface area (Å²) in [6, 6.07) is 16.9. The Balaban J connectivity index is 1.73. The lowest BCUT2D eigenvalue weighted by Crippen LogP contribution is -2.44. The van der Waals surface area contributed by atoms with Crippen LogP contribution in [0.5, 0.6) is 0 Å². The third-order valence-corrected chi connectivity index (χ3v) is 7.65. The standard InChI is InChI=1S/C21H23N5O5S2/c1-25(2)33(30,31)26(19-8-4-3-5-9-19)16-21(27)23-17-10-12-20(13-11-17)32(28,29)24-18-7-6-14-22-15-18/h3-15,24H,16H2,1-2H3,(H,23,27). The Morgan fingerprint density at radius 2 is 1.55 bits per heavy atom. The predicted octanol–water partition coefficient (Wildman–Crippen LogP) is 2.13. The number of rotatable bonds is 9. The van der Waals surface area contributed by atoms with Gasteiger partial charge in [-0.2, -0.15) is 12.7 Å². The van der Waals surface area contributed by atoms with E-state index in [1.807, 2.05) is 0 Å². The quantitative estimate of drug-likeness (QED) is 0.474. The number of pyridine rings is 1. The number of nitrogens with one attached hydrogen (secondary N) is 2. The van der Waals surface area contributed by atoms with Crippen LogP contribution in [-0.4, -0.2) is 52.7 Å². The van der Waals surface area contributed by atoms with Crippen molar-refractivity contribution < 1.29 is 21.6 Å². The molecule has 0 bridgehead atoms. The van der Waals surface area contributed by atoms with Gasteiger partial charge in [0.15, 0.2) is 0 Å². The molecule has 0 unspecified atom stereocenters. The maximum Gasteiger partial charge on any atom is 0.304 e. The van der Waals surface area contributed by atoms with Crippen LogP contribution in [0.4, 0.5) is 17.1 Å². The molecule has 0 saturated carbocycles. The van der Waals surface area contributed by atoms with Crippen LogP contribution in [0.25, 0.3) is 0 Å². The van der Waals surface area contributed by atoms with E-state index >= 15 is 0 Å². The zero-order valence-electron chi connectivity index (χ0n) is 17.9. The molecule has 2 aromatic carbocycles. The SMILES string of the molecule is CN(C)S(=O)(=O)N(CC(=O)Nc1ccc(S(=O)(=O)Nc2cccnc2)cc1)c1ccccc1. The van der Waals surface area contributed by atoms with Crippen molar-refractivity contribution in [2.24, 2.45) is 0 Å². The summed E-state index contributed by atoms with van der Waals surface area (Å²) in [5.41, 5.74) is 0.970. The highest BCUT2D eigenvalue weighted by Gasteiger charge is 2.27. The molecule has 0 aliphatic carbocycles. The van der Waals surface area contributed by atoms with Crippen LogP contribution in [0, 0.1) is 0 Å². The van der Waals surface area contributed by atoms with Gasteiger partial charge in [0.05, 0.1) is 22.5 Å². The first-order valence-electron chi connectivity index (χ1n) is 9.67. The Kier molecular flexibility index (Phi) is 7.31. The summed E-state index contributed by atoms with van der Waals surface area (Å²) < 4.78 is 54.9. The van der Waals surface area contributed by atoms with E-state index in [0.29, 0.717) is 17.1 Å². The minimum atomic E-state index is -3.92. The number of hydrogen-bond acceptors (Lipinski definition) is 6. The molecule has 1 amide bonds. The summed E-state index contributed by atoms with van der Waals surface area (Å²) in [6.45, 7) is -0.465. The minimum Gasteiger partial charge on any atom is -0.325 e. The minimum absolute atomic E-state index is 0.00884. The second-order valence-electron chi connectivity index (χ2n) is 7.05. The van der Waals surface area contributed by atoms with E-state index < -0.39 is 32.7 Å². The van der Waals surface area contributed by atoms with E-state index in [1.54, 1.807) is 42.5 Å². The first kappa shape index (κ1) is 24.2. The Morgan fingerprint density at radius 3 is 2.12 bits per heavy atom. The van der Waals surface area contributed by atoms with Crippen LogP contribution in [0.15, 0.2) is 84.0 Å². The van der Waals surface area contributed by atoms with Crippen molar-refractivity contribution >= 4 is 43.2 Å². The lowest BCUT2D eigenvalue weighted by atomic mass is 10.3. The fourth-order valence-corrected chi connectivity index (χ4v) is 4.89. The topological polar surface area (TPSA) is 129 Å². The molecule has 0 fully saturated rings. The van der Waals surface area contributed by atoms with Gasteiger partial charge in [0.25, 0.3) is 10.0 Å². The number of carbonyl (C=O) groups excluding carboxylic acids is 1. The number of aromatic nitrogens is 1. The third kappa shape index (κ3) is 6.06. The lowest BCUT2D eigenvalue weighted by Gasteiger charge is -2.26. The molecule has 0 aliphatic heterocycles.